The second kappa shape index (κ2) is 4.79. The van der Waals surface area contributed by atoms with Gasteiger partial charge in [-0.25, -0.2) is 13.2 Å². The third-order valence-corrected chi connectivity index (χ3v) is 2.61. The Morgan fingerprint density at radius 2 is 1.47 bits per heavy atom. The molecule has 1 nitrogen and oxygen atoms in total. The first-order valence-corrected chi connectivity index (χ1v) is 5.43. The van der Waals surface area contributed by atoms with Crippen LogP contribution < -0.4 is 4.74 Å². The van der Waals surface area contributed by atoms with E-state index in [1.165, 1.54) is 12.1 Å². The molecular formula is C12H6BrF3O. The maximum absolute atomic E-state index is 13.2. The van der Waals surface area contributed by atoms with Gasteiger partial charge in [-0.05, 0) is 28.1 Å². The van der Waals surface area contributed by atoms with E-state index in [1.54, 1.807) is 0 Å². The molecule has 0 aromatic heterocycles. The Kier molecular flexibility index (Phi) is 3.38. The summed E-state index contributed by atoms with van der Waals surface area (Å²) in [4.78, 5) is 0. The summed E-state index contributed by atoms with van der Waals surface area (Å²) in [6.07, 6.45) is 0. The van der Waals surface area contributed by atoms with Crippen LogP contribution in [0.5, 0.6) is 11.5 Å². The molecule has 0 N–H and O–H groups in total. The van der Waals surface area contributed by atoms with E-state index in [2.05, 4.69) is 15.9 Å². The minimum absolute atomic E-state index is 0.0239. The van der Waals surface area contributed by atoms with Gasteiger partial charge in [-0.15, -0.1) is 0 Å². The largest absolute Gasteiger partial charge is 0.457 e. The molecule has 0 aliphatic heterocycles. The fraction of sp³-hybridized carbons (Fsp3) is 0. The number of benzene rings is 2. The predicted octanol–water partition coefficient (Wildman–Crippen LogP) is 4.66. The molecule has 17 heavy (non-hydrogen) atoms. The van der Waals surface area contributed by atoms with Crippen molar-refractivity contribution in [1.29, 1.82) is 0 Å². The van der Waals surface area contributed by atoms with Gasteiger partial charge < -0.3 is 4.74 Å². The van der Waals surface area contributed by atoms with E-state index >= 15 is 0 Å². The van der Waals surface area contributed by atoms with Crippen molar-refractivity contribution in [2.75, 3.05) is 0 Å². The zero-order valence-electron chi connectivity index (χ0n) is 8.38. The number of hydrogen-bond acceptors (Lipinski definition) is 1. The van der Waals surface area contributed by atoms with Crippen LogP contribution >= 0.6 is 15.9 Å². The monoisotopic (exact) mass is 302 g/mol. The van der Waals surface area contributed by atoms with Crippen LogP contribution in [0.15, 0.2) is 40.9 Å². The van der Waals surface area contributed by atoms with Crippen molar-refractivity contribution in [2.45, 2.75) is 0 Å². The highest BCUT2D eigenvalue weighted by Crippen LogP contribution is 2.26. The van der Waals surface area contributed by atoms with Gasteiger partial charge in [0.15, 0.2) is 0 Å². The standard InChI is InChI=1S/C12H6BrF3O/c13-11-2-1-9(6-12(11)16)17-10-4-7(14)3-8(15)5-10/h1-6H. The molecule has 0 aliphatic rings. The molecule has 0 aliphatic carbocycles. The topological polar surface area (TPSA) is 9.23 Å². The van der Waals surface area contributed by atoms with Crippen LogP contribution in [0.2, 0.25) is 0 Å². The van der Waals surface area contributed by atoms with Crippen molar-refractivity contribution in [3.63, 3.8) is 0 Å². The van der Waals surface area contributed by atoms with Crippen LogP contribution in [0.3, 0.4) is 0 Å². The second-order valence-electron chi connectivity index (χ2n) is 3.28. The molecular weight excluding hydrogens is 297 g/mol. The normalized spacial score (nSPS) is 10.4. The molecule has 0 bridgehead atoms. The predicted molar refractivity (Wildman–Crippen MR) is 60.5 cm³/mol. The molecule has 0 atom stereocenters. The molecule has 0 saturated carbocycles. The van der Waals surface area contributed by atoms with Crippen molar-refractivity contribution in [1.82, 2.24) is 0 Å². The van der Waals surface area contributed by atoms with E-state index in [1.807, 2.05) is 0 Å². The molecule has 2 aromatic rings. The van der Waals surface area contributed by atoms with E-state index in [-0.39, 0.29) is 16.0 Å². The van der Waals surface area contributed by atoms with Crippen LogP contribution in [0.1, 0.15) is 0 Å². The first-order valence-electron chi connectivity index (χ1n) is 4.63. The highest BCUT2D eigenvalue weighted by atomic mass is 79.9. The number of halogens is 4. The smallest absolute Gasteiger partial charge is 0.141 e. The van der Waals surface area contributed by atoms with Crippen molar-refractivity contribution >= 4 is 15.9 Å². The van der Waals surface area contributed by atoms with Crippen LogP contribution in [0.25, 0.3) is 0 Å². The summed E-state index contributed by atoms with van der Waals surface area (Å²) >= 11 is 2.99. The van der Waals surface area contributed by atoms with E-state index in [0.717, 1.165) is 24.3 Å². The lowest BCUT2D eigenvalue weighted by Gasteiger charge is -2.06. The molecule has 0 heterocycles. The van der Waals surface area contributed by atoms with Crippen LogP contribution in [0, 0.1) is 17.5 Å². The van der Waals surface area contributed by atoms with Crippen molar-refractivity contribution in [3.05, 3.63) is 58.3 Å². The fourth-order valence-corrected chi connectivity index (χ4v) is 1.51. The van der Waals surface area contributed by atoms with E-state index in [9.17, 15) is 13.2 Å². The Bertz CT molecular complexity index is 537. The number of ether oxygens (including phenoxy) is 1. The molecule has 2 rings (SSSR count). The van der Waals surface area contributed by atoms with Gasteiger partial charge in [0.1, 0.15) is 29.0 Å². The van der Waals surface area contributed by atoms with Crippen molar-refractivity contribution < 1.29 is 17.9 Å². The highest BCUT2D eigenvalue weighted by Gasteiger charge is 2.05. The molecule has 0 amide bonds. The summed E-state index contributed by atoms with van der Waals surface area (Å²) in [5.74, 6) is -1.88. The molecule has 0 spiro atoms. The van der Waals surface area contributed by atoms with Gasteiger partial charge in [0.05, 0.1) is 4.47 Å². The number of hydrogen-bond donors (Lipinski definition) is 0. The van der Waals surface area contributed by atoms with Crippen LogP contribution in [-0.2, 0) is 0 Å². The summed E-state index contributed by atoms with van der Waals surface area (Å²) in [6, 6.07) is 6.81. The van der Waals surface area contributed by atoms with Gasteiger partial charge in [-0.3, -0.25) is 0 Å². The average Bonchev–Trinajstić information content (AvgIpc) is 2.22. The van der Waals surface area contributed by atoms with Gasteiger partial charge in [-0.1, -0.05) is 0 Å². The molecule has 5 heteroatoms. The third kappa shape index (κ3) is 3.00. The number of rotatable bonds is 2. The molecule has 2 aromatic carbocycles. The first kappa shape index (κ1) is 12.0. The van der Waals surface area contributed by atoms with Crippen LogP contribution in [-0.4, -0.2) is 0 Å². The Labute approximate surface area is 104 Å². The van der Waals surface area contributed by atoms with E-state index in [0.29, 0.717) is 0 Å². The molecule has 0 saturated heterocycles. The molecule has 88 valence electrons. The minimum Gasteiger partial charge on any atom is -0.457 e. The minimum atomic E-state index is -0.752. The van der Waals surface area contributed by atoms with Gasteiger partial charge in [0, 0.05) is 24.3 Å². The Balaban J connectivity index is 2.28. The summed E-state index contributed by atoms with van der Waals surface area (Å²) in [5, 5.41) is 0. The summed E-state index contributed by atoms with van der Waals surface area (Å²) < 4.78 is 44.3. The maximum atomic E-state index is 13.2. The SMILES string of the molecule is Fc1cc(F)cc(Oc2ccc(Br)c(F)c2)c1. The van der Waals surface area contributed by atoms with Crippen molar-refractivity contribution in [2.24, 2.45) is 0 Å². The zero-order chi connectivity index (χ0) is 12.4. The van der Waals surface area contributed by atoms with Gasteiger partial charge in [-0.2, -0.15) is 0 Å². The lowest BCUT2D eigenvalue weighted by molar-refractivity contribution is 0.463. The summed E-state index contributed by atoms with van der Waals surface area (Å²) in [7, 11) is 0. The zero-order valence-corrected chi connectivity index (χ0v) is 9.97. The molecule has 0 fully saturated rings. The lowest BCUT2D eigenvalue weighted by Crippen LogP contribution is -1.88. The quantitative estimate of drug-likeness (QED) is 0.784. The highest BCUT2D eigenvalue weighted by molar-refractivity contribution is 9.10. The van der Waals surface area contributed by atoms with Gasteiger partial charge in [0.25, 0.3) is 0 Å². The van der Waals surface area contributed by atoms with Gasteiger partial charge >= 0.3 is 0 Å². The van der Waals surface area contributed by atoms with Crippen molar-refractivity contribution in [3.8, 4) is 11.5 Å². The Hall–Kier alpha value is -1.49. The molecule has 0 unspecified atom stereocenters. The third-order valence-electron chi connectivity index (χ3n) is 1.96. The Morgan fingerprint density at radius 1 is 0.824 bits per heavy atom. The average molecular weight is 303 g/mol. The first-order chi connectivity index (χ1) is 8.04. The molecule has 0 radical (unpaired) electrons. The van der Waals surface area contributed by atoms with Gasteiger partial charge in [0.2, 0.25) is 0 Å². The Morgan fingerprint density at radius 3 is 2.06 bits per heavy atom. The second-order valence-corrected chi connectivity index (χ2v) is 4.14. The van der Waals surface area contributed by atoms with E-state index in [4.69, 9.17) is 4.74 Å². The summed E-state index contributed by atoms with van der Waals surface area (Å²) in [5.41, 5.74) is 0. The van der Waals surface area contributed by atoms with Crippen LogP contribution in [0.4, 0.5) is 13.2 Å². The summed E-state index contributed by atoms with van der Waals surface area (Å²) in [6.45, 7) is 0. The fourth-order valence-electron chi connectivity index (χ4n) is 1.26. The van der Waals surface area contributed by atoms with E-state index < -0.39 is 17.5 Å². The maximum Gasteiger partial charge on any atom is 0.141 e. The lowest BCUT2D eigenvalue weighted by atomic mass is 10.3.